The summed E-state index contributed by atoms with van der Waals surface area (Å²) in [4.78, 5) is 15.9. The number of nitrogens with zero attached hydrogens (tertiary/aromatic N) is 1. The molecule has 0 radical (unpaired) electrons. The van der Waals surface area contributed by atoms with Crippen LogP contribution in [0.25, 0.3) is 0 Å². The number of oxazole rings is 1. The molecular weight excluding hydrogens is 220 g/mol. The molecule has 1 aliphatic heterocycles. The van der Waals surface area contributed by atoms with Gasteiger partial charge in [0.25, 0.3) is 0 Å². The molecular formula is C12H18N2O3. The number of carbonyl (C=O) groups excluding carboxylic acids is 1. The first-order valence-corrected chi connectivity index (χ1v) is 5.87. The first-order valence-electron chi connectivity index (χ1n) is 5.87. The molecule has 1 aromatic heterocycles. The predicted molar refractivity (Wildman–Crippen MR) is 61.6 cm³/mol. The number of carbonyl (C=O) groups is 1. The van der Waals surface area contributed by atoms with Gasteiger partial charge in [0.1, 0.15) is 5.60 Å². The Bertz CT molecular complexity index is 400. The summed E-state index contributed by atoms with van der Waals surface area (Å²) in [5, 5.41) is 3.28. The Hall–Kier alpha value is -1.36. The molecule has 1 saturated heterocycles. The van der Waals surface area contributed by atoms with E-state index in [2.05, 4.69) is 10.3 Å². The average Bonchev–Trinajstić information content (AvgIpc) is 2.85. The van der Waals surface area contributed by atoms with Crippen LogP contribution < -0.4 is 5.32 Å². The maximum atomic E-state index is 11.9. The van der Waals surface area contributed by atoms with Gasteiger partial charge in [-0.15, -0.1) is 0 Å². The van der Waals surface area contributed by atoms with E-state index in [1.54, 1.807) is 0 Å². The third-order valence-corrected chi connectivity index (χ3v) is 2.56. The Kier molecular flexibility index (Phi) is 3.19. The number of nitrogens with one attached hydrogen (secondary N) is 1. The summed E-state index contributed by atoms with van der Waals surface area (Å²) in [5.41, 5.74) is -0.226. The van der Waals surface area contributed by atoms with E-state index >= 15 is 0 Å². The van der Waals surface area contributed by atoms with Crippen molar-refractivity contribution in [2.45, 2.75) is 45.3 Å². The van der Waals surface area contributed by atoms with Crippen LogP contribution in [0.15, 0.2) is 10.8 Å². The molecule has 5 heteroatoms. The highest BCUT2D eigenvalue weighted by Crippen LogP contribution is 2.26. The summed E-state index contributed by atoms with van der Waals surface area (Å²) in [6, 6.07) is 0.0834. The minimum absolute atomic E-state index is 0.0834. The van der Waals surface area contributed by atoms with Gasteiger partial charge < -0.3 is 14.5 Å². The largest absolute Gasteiger partial charge is 0.455 e. The van der Waals surface area contributed by atoms with E-state index in [4.69, 9.17) is 9.15 Å². The number of hydrogen-bond donors (Lipinski definition) is 1. The molecule has 0 saturated carbocycles. The molecule has 1 atom stereocenters. The van der Waals surface area contributed by atoms with E-state index < -0.39 is 11.6 Å². The van der Waals surface area contributed by atoms with Crippen LogP contribution in [0.4, 0.5) is 0 Å². The summed E-state index contributed by atoms with van der Waals surface area (Å²) in [6.07, 6.45) is 3.35. The molecule has 2 heterocycles. The van der Waals surface area contributed by atoms with Gasteiger partial charge in [-0.2, -0.15) is 0 Å². The molecule has 1 unspecified atom stereocenters. The number of aromatic nitrogens is 1. The zero-order chi connectivity index (χ0) is 12.5. The van der Waals surface area contributed by atoms with Crippen molar-refractivity contribution >= 4 is 5.97 Å². The highest BCUT2D eigenvalue weighted by atomic mass is 16.6. The lowest BCUT2D eigenvalue weighted by atomic mass is 10.1. The fraction of sp³-hybridized carbons (Fsp3) is 0.667. The molecule has 5 nitrogen and oxygen atoms in total. The van der Waals surface area contributed by atoms with Gasteiger partial charge in [-0.3, -0.25) is 0 Å². The molecule has 1 fully saturated rings. The van der Waals surface area contributed by atoms with Gasteiger partial charge in [0.2, 0.25) is 0 Å². The fourth-order valence-electron chi connectivity index (χ4n) is 1.89. The molecule has 1 aromatic rings. The topological polar surface area (TPSA) is 64.4 Å². The summed E-state index contributed by atoms with van der Waals surface area (Å²) < 4.78 is 10.6. The second kappa shape index (κ2) is 4.49. The first kappa shape index (κ1) is 12.1. The van der Waals surface area contributed by atoms with Crippen molar-refractivity contribution in [2.75, 3.05) is 6.54 Å². The van der Waals surface area contributed by atoms with Crippen molar-refractivity contribution in [2.24, 2.45) is 0 Å². The Morgan fingerprint density at radius 3 is 2.94 bits per heavy atom. The third-order valence-electron chi connectivity index (χ3n) is 2.56. The minimum atomic E-state index is -0.517. The third kappa shape index (κ3) is 2.85. The van der Waals surface area contributed by atoms with E-state index in [0.717, 1.165) is 19.4 Å². The van der Waals surface area contributed by atoms with Crippen molar-refractivity contribution < 1.29 is 13.9 Å². The SMILES string of the molecule is CC(C)(C)OC(=O)c1ncoc1C1CCCN1. The van der Waals surface area contributed by atoms with E-state index in [1.807, 2.05) is 20.8 Å². The van der Waals surface area contributed by atoms with Gasteiger partial charge in [-0.05, 0) is 40.2 Å². The van der Waals surface area contributed by atoms with Crippen LogP contribution in [0, 0.1) is 0 Å². The zero-order valence-corrected chi connectivity index (χ0v) is 10.4. The lowest BCUT2D eigenvalue weighted by Crippen LogP contribution is -2.25. The van der Waals surface area contributed by atoms with E-state index in [0.29, 0.717) is 11.5 Å². The lowest BCUT2D eigenvalue weighted by molar-refractivity contribution is 0.00603. The molecule has 1 aliphatic rings. The maximum Gasteiger partial charge on any atom is 0.361 e. The van der Waals surface area contributed by atoms with Gasteiger partial charge in [-0.25, -0.2) is 9.78 Å². The predicted octanol–water partition coefficient (Wildman–Crippen LogP) is 2.05. The normalized spacial score (nSPS) is 20.5. The molecule has 17 heavy (non-hydrogen) atoms. The van der Waals surface area contributed by atoms with E-state index in [9.17, 15) is 4.79 Å². The van der Waals surface area contributed by atoms with Gasteiger partial charge in [0.15, 0.2) is 17.8 Å². The van der Waals surface area contributed by atoms with Crippen LogP contribution in [0.5, 0.6) is 0 Å². The molecule has 0 spiro atoms. The van der Waals surface area contributed by atoms with Crippen molar-refractivity contribution in [1.82, 2.24) is 10.3 Å². The van der Waals surface area contributed by atoms with Crippen LogP contribution in [0.1, 0.15) is 55.9 Å². The van der Waals surface area contributed by atoms with Crippen molar-refractivity contribution in [1.29, 1.82) is 0 Å². The minimum Gasteiger partial charge on any atom is -0.455 e. The number of rotatable bonds is 2. The number of ether oxygens (including phenoxy) is 1. The lowest BCUT2D eigenvalue weighted by Gasteiger charge is -2.19. The van der Waals surface area contributed by atoms with Crippen LogP contribution >= 0.6 is 0 Å². The van der Waals surface area contributed by atoms with E-state index in [-0.39, 0.29) is 6.04 Å². The van der Waals surface area contributed by atoms with Gasteiger partial charge in [0.05, 0.1) is 6.04 Å². The van der Waals surface area contributed by atoms with Gasteiger partial charge in [0, 0.05) is 0 Å². The van der Waals surface area contributed by atoms with Crippen LogP contribution in [-0.4, -0.2) is 23.1 Å². The molecule has 0 bridgehead atoms. The summed E-state index contributed by atoms with van der Waals surface area (Å²) in [5.74, 6) is 0.173. The summed E-state index contributed by atoms with van der Waals surface area (Å²) in [7, 11) is 0. The van der Waals surface area contributed by atoms with Crippen molar-refractivity contribution in [3.63, 3.8) is 0 Å². The number of esters is 1. The van der Waals surface area contributed by atoms with Crippen LogP contribution in [-0.2, 0) is 4.74 Å². The first-order chi connectivity index (χ1) is 7.97. The molecule has 0 aromatic carbocycles. The zero-order valence-electron chi connectivity index (χ0n) is 10.4. The maximum absolute atomic E-state index is 11.9. The standard InChI is InChI=1S/C12H18N2O3/c1-12(2,3)17-11(15)9-10(16-7-14-9)8-5-4-6-13-8/h7-8,13H,4-6H2,1-3H3. The smallest absolute Gasteiger partial charge is 0.361 e. The quantitative estimate of drug-likeness (QED) is 0.799. The van der Waals surface area contributed by atoms with Crippen LogP contribution in [0.3, 0.4) is 0 Å². The molecule has 0 amide bonds. The monoisotopic (exact) mass is 238 g/mol. The highest BCUT2D eigenvalue weighted by molar-refractivity contribution is 5.88. The number of hydrogen-bond acceptors (Lipinski definition) is 5. The van der Waals surface area contributed by atoms with Crippen LogP contribution in [0.2, 0.25) is 0 Å². The Morgan fingerprint density at radius 1 is 1.59 bits per heavy atom. The summed E-state index contributed by atoms with van der Waals surface area (Å²) >= 11 is 0. The molecule has 2 rings (SSSR count). The van der Waals surface area contributed by atoms with Gasteiger partial charge in [-0.1, -0.05) is 0 Å². The summed E-state index contributed by atoms with van der Waals surface area (Å²) in [6.45, 7) is 6.44. The van der Waals surface area contributed by atoms with Gasteiger partial charge >= 0.3 is 5.97 Å². The fourth-order valence-corrected chi connectivity index (χ4v) is 1.89. The second-order valence-electron chi connectivity index (χ2n) is 5.22. The molecule has 1 N–H and O–H groups in total. The van der Waals surface area contributed by atoms with Crippen molar-refractivity contribution in [3.8, 4) is 0 Å². The average molecular weight is 238 g/mol. The Labute approximate surface area is 101 Å². The molecule has 0 aliphatic carbocycles. The highest BCUT2D eigenvalue weighted by Gasteiger charge is 2.29. The molecule has 94 valence electrons. The van der Waals surface area contributed by atoms with E-state index in [1.165, 1.54) is 6.39 Å². The Balaban J connectivity index is 2.15. The Morgan fingerprint density at radius 2 is 2.35 bits per heavy atom. The second-order valence-corrected chi connectivity index (χ2v) is 5.22. The van der Waals surface area contributed by atoms with Crippen molar-refractivity contribution in [3.05, 3.63) is 17.8 Å².